The standard InChI is InChI=1S/C22H24N2OS2.C3H8O/c1-6-25-16-7-8-18-17(12-16)19-20(22(4,5)23-18)27-24(21(19)26)15-10-13(2)9-14(3)11-15;1-3(2)4/h7-12,23H,6H2,1-5H3;3-4H,1-2H3. The van der Waals surface area contributed by atoms with Crippen LogP contribution in [0.2, 0.25) is 0 Å². The molecule has 0 amide bonds. The monoisotopic (exact) mass is 456 g/mol. The zero-order valence-electron chi connectivity index (χ0n) is 19.4. The second-order valence-electron chi connectivity index (χ2n) is 8.73. The van der Waals surface area contributed by atoms with Crippen molar-refractivity contribution < 1.29 is 9.84 Å². The van der Waals surface area contributed by atoms with Gasteiger partial charge < -0.3 is 15.2 Å². The van der Waals surface area contributed by atoms with Crippen LogP contribution >= 0.6 is 23.8 Å². The van der Waals surface area contributed by atoms with E-state index in [4.69, 9.17) is 22.1 Å². The van der Waals surface area contributed by atoms with E-state index in [2.05, 4.69) is 67.3 Å². The van der Waals surface area contributed by atoms with Crippen molar-refractivity contribution in [2.45, 2.75) is 60.1 Å². The summed E-state index contributed by atoms with van der Waals surface area (Å²) in [6, 6.07) is 12.8. The molecular formula is C25H32N2O2S2. The van der Waals surface area contributed by atoms with Crippen LogP contribution in [0.25, 0.3) is 16.8 Å². The molecule has 0 unspecified atom stereocenters. The number of aliphatic hydroxyl groups excluding tert-OH is 1. The molecule has 0 bridgehead atoms. The first-order valence-electron chi connectivity index (χ1n) is 10.6. The summed E-state index contributed by atoms with van der Waals surface area (Å²) >= 11 is 7.70. The summed E-state index contributed by atoms with van der Waals surface area (Å²) in [5.74, 6) is 0.877. The second-order valence-corrected chi connectivity index (χ2v) is 10.1. The summed E-state index contributed by atoms with van der Waals surface area (Å²) in [6.07, 6.45) is -0.167. The molecule has 6 heteroatoms. The van der Waals surface area contributed by atoms with Crippen LogP contribution in [0.3, 0.4) is 0 Å². The third kappa shape index (κ3) is 5.03. The number of ether oxygens (including phenoxy) is 1. The number of nitrogens with zero attached hydrogens (tertiary/aromatic N) is 1. The van der Waals surface area contributed by atoms with Gasteiger partial charge in [0.2, 0.25) is 0 Å². The minimum Gasteiger partial charge on any atom is -0.494 e. The van der Waals surface area contributed by atoms with Crippen molar-refractivity contribution in [3.05, 3.63) is 57.0 Å². The van der Waals surface area contributed by atoms with E-state index in [0.717, 1.165) is 32.9 Å². The normalized spacial score (nSPS) is 13.6. The van der Waals surface area contributed by atoms with E-state index < -0.39 is 0 Å². The summed E-state index contributed by atoms with van der Waals surface area (Å²) in [7, 11) is 0. The number of benzene rings is 2. The van der Waals surface area contributed by atoms with Gasteiger partial charge in [0.15, 0.2) is 0 Å². The van der Waals surface area contributed by atoms with Crippen molar-refractivity contribution in [2.75, 3.05) is 11.9 Å². The molecule has 0 fully saturated rings. The average Bonchev–Trinajstić information content (AvgIpc) is 3.00. The van der Waals surface area contributed by atoms with Crippen molar-refractivity contribution in [3.63, 3.8) is 0 Å². The van der Waals surface area contributed by atoms with Crippen LogP contribution in [0.15, 0.2) is 36.4 Å². The predicted octanol–water partition coefficient (Wildman–Crippen LogP) is 7.00. The Morgan fingerprint density at radius 2 is 1.74 bits per heavy atom. The fourth-order valence-electron chi connectivity index (χ4n) is 3.77. The lowest BCUT2D eigenvalue weighted by molar-refractivity contribution is 0.216. The van der Waals surface area contributed by atoms with Crippen LogP contribution < -0.4 is 10.1 Å². The van der Waals surface area contributed by atoms with Gasteiger partial charge in [-0.05, 0) is 89.9 Å². The largest absolute Gasteiger partial charge is 0.494 e. The highest BCUT2D eigenvalue weighted by atomic mass is 32.1. The number of hydrogen-bond donors (Lipinski definition) is 2. The zero-order chi connectivity index (χ0) is 22.9. The Kier molecular flexibility index (Phi) is 6.94. The van der Waals surface area contributed by atoms with Crippen molar-refractivity contribution >= 4 is 29.4 Å². The topological polar surface area (TPSA) is 46.4 Å². The first-order chi connectivity index (χ1) is 14.5. The molecule has 2 heterocycles. The van der Waals surface area contributed by atoms with Crippen LogP contribution in [0.5, 0.6) is 5.75 Å². The summed E-state index contributed by atoms with van der Waals surface area (Å²) in [4.78, 5) is 1.26. The molecule has 166 valence electrons. The molecule has 1 aromatic heterocycles. The molecule has 2 aromatic carbocycles. The number of fused-ring (bicyclic) bond motifs is 3. The second kappa shape index (κ2) is 9.15. The first-order valence-corrected chi connectivity index (χ1v) is 11.8. The smallest absolute Gasteiger partial charge is 0.129 e. The van der Waals surface area contributed by atoms with Gasteiger partial charge >= 0.3 is 0 Å². The van der Waals surface area contributed by atoms with E-state index >= 15 is 0 Å². The van der Waals surface area contributed by atoms with E-state index in [9.17, 15) is 0 Å². The van der Waals surface area contributed by atoms with E-state index in [1.54, 1.807) is 25.4 Å². The van der Waals surface area contributed by atoms with Crippen LogP contribution in [-0.2, 0) is 5.54 Å². The summed E-state index contributed by atoms with van der Waals surface area (Å²) in [5, 5.41) is 11.7. The molecule has 4 nitrogen and oxygen atoms in total. The van der Waals surface area contributed by atoms with Crippen molar-refractivity contribution in [1.29, 1.82) is 0 Å². The van der Waals surface area contributed by atoms with Crippen molar-refractivity contribution in [1.82, 2.24) is 3.96 Å². The minimum atomic E-state index is -0.183. The van der Waals surface area contributed by atoms with Crippen LogP contribution in [0.4, 0.5) is 5.69 Å². The highest BCUT2D eigenvalue weighted by Crippen LogP contribution is 2.48. The third-order valence-electron chi connectivity index (χ3n) is 4.84. The molecule has 0 aliphatic carbocycles. The number of anilines is 1. The maximum absolute atomic E-state index is 8.06. The van der Waals surface area contributed by atoms with E-state index in [1.807, 2.05) is 13.0 Å². The Bertz CT molecular complexity index is 1120. The highest BCUT2D eigenvalue weighted by molar-refractivity contribution is 7.71. The highest BCUT2D eigenvalue weighted by Gasteiger charge is 2.34. The third-order valence-corrected chi connectivity index (χ3v) is 6.81. The van der Waals surface area contributed by atoms with Gasteiger partial charge in [-0.25, -0.2) is 0 Å². The van der Waals surface area contributed by atoms with Gasteiger partial charge in [0, 0.05) is 22.9 Å². The van der Waals surface area contributed by atoms with Crippen LogP contribution in [0.1, 0.15) is 50.6 Å². The molecule has 1 aliphatic heterocycles. The van der Waals surface area contributed by atoms with Gasteiger partial charge in [-0.15, -0.1) is 0 Å². The molecular weight excluding hydrogens is 424 g/mol. The molecule has 0 radical (unpaired) electrons. The number of rotatable bonds is 3. The molecule has 1 aliphatic rings. The lowest BCUT2D eigenvalue weighted by Gasteiger charge is -2.33. The fraction of sp³-hybridized carbons (Fsp3) is 0.400. The molecule has 31 heavy (non-hydrogen) atoms. The van der Waals surface area contributed by atoms with Gasteiger partial charge in [-0.1, -0.05) is 29.8 Å². The summed E-state index contributed by atoms with van der Waals surface area (Å²) < 4.78 is 8.79. The maximum Gasteiger partial charge on any atom is 0.129 e. The summed E-state index contributed by atoms with van der Waals surface area (Å²) in [6.45, 7) is 14.8. The molecule has 0 saturated heterocycles. The molecule has 0 atom stereocenters. The Labute approximate surface area is 194 Å². The van der Waals surface area contributed by atoms with Gasteiger partial charge in [0.05, 0.1) is 22.7 Å². The van der Waals surface area contributed by atoms with E-state index in [0.29, 0.717) is 6.61 Å². The lowest BCUT2D eigenvalue weighted by atomic mass is 9.89. The summed E-state index contributed by atoms with van der Waals surface area (Å²) in [5.41, 5.74) is 6.82. The van der Waals surface area contributed by atoms with Crippen molar-refractivity contribution in [3.8, 4) is 22.6 Å². The number of hydrogen-bond acceptors (Lipinski definition) is 5. The average molecular weight is 457 g/mol. The SMILES string of the molecule is CC(C)O.CCOc1ccc2c(c1)-c1c(sn(-c3cc(C)cc(C)c3)c1=S)C(C)(C)N2. The number of nitrogens with one attached hydrogen (secondary N) is 1. The predicted molar refractivity (Wildman–Crippen MR) is 135 cm³/mol. The van der Waals surface area contributed by atoms with E-state index in [-0.39, 0.29) is 11.6 Å². The number of aryl methyl sites for hydroxylation is 2. The lowest BCUT2D eigenvalue weighted by Crippen LogP contribution is -2.30. The van der Waals surface area contributed by atoms with Gasteiger partial charge in [-0.3, -0.25) is 3.96 Å². The molecule has 4 rings (SSSR count). The Morgan fingerprint density at radius 1 is 1.13 bits per heavy atom. The van der Waals surface area contributed by atoms with Gasteiger partial charge in [-0.2, -0.15) is 0 Å². The number of aliphatic hydroxyl groups is 1. The quantitative estimate of drug-likeness (QED) is 0.417. The van der Waals surface area contributed by atoms with Crippen molar-refractivity contribution in [2.24, 2.45) is 0 Å². The van der Waals surface area contributed by atoms with Gasteiger partial charge in [0.25, 0.3) is 0 Å². The maximum atomic E-state index is 8.06. The Balaban J connectivity index is 0.000000628. The van der Waals surface area contributed by atoms with Crippen LogP contribution in [0, 0.1) is 18.5 Å². The molecule has 3 aromatic rings. The minimum absolute atomic E-state index is 0.167. The Morgan fingerprint density at radius 3 is 2.32 bits per heavy atom. The molecule has 0 saturated carbocycles. The number of aromatic nitrogens is 1. The molecule has 0 spiro atoms. The van der Waals surface area contributed by atoms with Crippen LogP contribution in [-0.4, -0.2) is 21.8 Å². The fourth-order valence-corrected chi connectivity index (χ4v) is 5.41. The zero-order valence-corrected chi connectivity index (χ0v) is 21.0. The first kappa shape index (κ1) is 23.5. The molecule has 2 N–H and O–H groups in total. The van der Waals surface area contributed by atoms with E-state index in [1.165, 1.54) is 16.0 Å². The Hall–Kier alpha value is -2.15. The van der Waals surface area contributed by atoms with Gasteiger partial charge in [0.1, 0.15) is 10.4 Å².